The number of nitrogens with two attached hydrogens (primary N) is 1. The maximum atomic E-state index is 12.6. The van der Waals surface area contributed by atoms with Crippen molar-refractivity contribution < 1.29 is 22.7 Å². The van der Waals surface area contributed by atoms with Gasteiger partial charge in [0.2, 0.25) is 5.95 Å². The van der Waals surface area contributed by atoms with Gasteiger partial charge in [-0.15, -0.1) is 13.2 Å². The smallest absolute Gasteiger partial charge is 0.404 e. The Labute approximate surface area is 205 Å². The van der Waals surface area contributed by atoms with Crippen LogP contribution in [-0.2, 0) is 0 Å². The largest absolute Gasteiger partial charge is 0.573 e. The molecule has 196 valence electrons. The number of anilines is 2. The third-order valence-electron chi connectivity index (χ3n) is 5.66. The molecule has 2 aromatic rings. The number of amides is 2. The van der Waals surface area contributed by atoms with Gasteiger partial charge >= 0.3 is 12.4 Å². The molecule has 0 bridgehead atoms. The van der Waals surface area contributed by atoms with Crippen LogP contribution < -0.4 is 32.0 Å². The molecule has 1 aromatic carbocycles. The predicted octanol–water partition coefficient (Wildman–Crippen LogP) is 2.76. The first-order valence-electron chi connectivity index (χ1n) is 11.4. The number of carbonyl (C=O) groups excluding carboxylic acids is 1. The Morgan fingerprint density at radius 2 is 1.94 bits per heavy atom. The van der Waals surface area contributed by atoms with Crippen LogP contribution in [0.15, 0.2) is 35.3 Å². The zero-order valence-corrected chi connectivity index (χ0v) is 19.5. The van der Waals surface area contributed by atoms with Crippen molar-refractivity contribution in [3.63, 3.8) is 0 Å². The number of nitrogens with one attached hydrogen (secondary N) is 5. The number of unbranched alkanes of at least 4 members (excludes halogenated alkanes) is 1. The molecule has 11 nitrogen and oxygen atoms in total. The summed E-state index contributed by atoms with van der Waals surface area (Å²) in [6.45, 7) is 3.27. The fourth-order valence-corrected chi connectivity index (χ4v) is 3.96. The zero-order valence-electron chi connectivity index (χ0n) is 19.5. The highest BCUT2D eigenvalue weighted by atomic mass is 19.4. The zero-order chi connectivity index (χ0) is 26.1. The van der Waals surface area contributed by atoms with Crippen LogP contribution in [0.1, 0.15) is 37.2 Å². The molecule has 1 aliphatic heterocycles. The SMILES string of the molecule is N=C(N)NCCCCN1CCC(c2c[nH]c(NC(=O)Nc3ccccc3OC(F)(F)F)nc2=O)CC1. The number of rotatable bonds is 9. The minimum atomic E-state index is -4.92. The van der Waals surface area contributed by atoms with Crippen molar-refractivity contribution in [1.29, 1.82) is 5.41 Å². The number of aromatic amines is 1. The highest BCUT2D eigenvalue weighted by molar-refractivity contribution is 5.99. The molecule has 0 atom stereocenters. The lowest BCUT2D eigenvalue weighted by atomic mass is 9.91. The van der Waals surface area contributed by atoms with Crippen LogP contribution in [0.4, 0.5) is 29.6 Å². The van der Waals surface area contributed by atoms with Crippen LogP contribution >= 0.6 is 0 Å². The maximum Gasteiger partial charge on any atom is 0.573 e. The van der Waals surface area contributed by atoms with Gasteiger partial charge in [0.15, 0.2) is 11.7 Å². The number of guanidine groups is 1. The van der Waals surface area contributed by atoms with Gasteiger partial charge in [0, 0.05) is 18.3 Å². The third kappa shape index (κ3) is 8.45. The Balaban J connectivity index is 1.50. The van der Waals surface area contributed by atoms with E-state index in [1.54, 1.807) is 0 Å². The van der Waals surface area contributed by atoms with E-state index in [2.05, 4.69) is 35.6 Å². The predicted molar refractivity (Wildman–Crippen MR) is 128 cm³/mol. The van der Waals surface area contributed by atoms with E-state index < -0.39 is 23.7 Å². The van der Waals surface area contributed by atoms with Gasteiger partial charge < -0.3 is 31.0 Å². The number of hydrogen-bond acceptors (Lipinski definition) is 6. The fraction of sp³-hybridized carbons (Fsp3) is 0.455. The Bertz CT molecular complexity index is 1100. The van der Waals surface area contributed by atoms with Crippen molar-refractivity contribution >= 4 is 23.6 Å². The Hall–Kier alpha value is -3.81. The van der Waals surface area contributed by atoms with E-state index in [4.69, 9.17) is 11.1 Å². The van der Waals surface area contributed by atoms with Crippen LogP contribution in [0.5, 0.6) is 5.75 Å². The van der Waals surface area contributed by atoms with E-state index in [9.17, 15) is 22.8 Å². The molecule has 36 heavy (non-hydrogen) atoms. The van der Waals surface area contributed by atoms with E-state index in [0.29, 0.717) is 12.1 Å². The molecular weight excluding hydrogens is 481 g/mol. The number of hydrogen-bond donors (Lipinski definition) is 6. The van der Waals surface area contributed by atoms with Crippen LogP contribution in [0.3, 0.4) is 0 Å². The third-order valence-corrected chi connectivity index (χ3v) is 5.66. The summed E-state index contributed by atoms with van der Waals surface area (Å²) in [5, 5.41) is 14.5. The summed E-state index contributed by atoms with van der Waals surface area (Å²) in [4.78, 5) is 33.8. The van der Waals surface area contributed by atoms with Gasteiger partial charge in [0.1, 0.15) is 0 Å². The normalized spacial score (nSPS) is 14.8. The van der Waals surface area contributed by atoms with Gasteiger partial charge in [-0.3, -0.25) is 15.5 Å². The molecule has 0 saturated carbocycles. The number of aromatic nitrogens is 2. The first kappa shape index (κ1) is 26.8. The summed E-state index contributed by atoms with van der Waals surface area (Å²) in [7, 11) is 0. The number of nitrogens with zero attached hydrogens (tertiary/aromatic N) is 2. The van der Waals surface area contributed by atoms with Crippen LogP contribution in [-0.4, -0.2) is 59.4 Å². The number of para-hydroxylation sites is 2. The Morgan fingerprint density at radius 1 is 1.22 bits per heavy atom. The number of halogens is 3. The number of H-pyrrole nitrogens is 1. The average Bonchev–Trinajstić information content (AvgIpc) is 2.80. The molecule has 14 heteroatoms. The van der Waals surface area contributed by atoms with Crippen molar-refractivity contribution in [2.45, 2.75) is 38.0 Å². The molecule has 0 spiro atoms. The van der Waals surface area contributed by atoms with Crippen molar-refractivity contribution in [1.82, 2.24) is 20.2 Å². The van der Waals surface area contributed by atoms with Gasteiger partial charge in [0.25, 0.3) is 5.56 Å². The quantitative estimate of drug-likeness (QED) is 0.172. The minimum absolute atomic E-state index is 0.0302. The second-order valence-corrected chi connectivity index (χ2v) is 8.30. The average molecular weight is 511 g/mol. The number of likely N-dealkylation sites (tertiary alicyclic amines) is 1. The maximum absolute atomic E-state index is 12.6. The number of piperidine rings is 1. The molecule has 1 fully saturated rings. The topological polar surface area (TPSA) is 161 Å². The summed E-state index contributed by atoms with van der Waals surface area (Å²) in [5.41, 5.74) is 5.10. The summed E-state index contributed by atoms with van der Waals surface area (Å²) in [6.07, 6.45) is 0.0635. The molecule has 2 heterocycles. The van der Waals surface area contributed by atoms with Gasteiger partial charge in [0.05, 0.1) is 5.69 Å². The highest BCUT2D eigenvalue weighted by Gasteiger charge is 2.32. The standard InChI is InChI=1S/C22H29F3N8O3/c23-22(24,25)36-17-6-2-1-5-16(17)30-21(35)32-20-29-13-15(18(34)31-20)14-7-11-33(12-8-14)10-4-3-9-28-19(26)27/h1-2,5-6,13-14H,3-4,7-12H2,(H4,26,27,28)(H3,29,30,31,32,34,35). The number of carbonyl (C=O) groups is 1. The molecule has 2 amide bonds. The van der Waals surface area contributed by atoms with Gasteiger partial charge in [-0.05, 0) is 63.4 Å². The van der Waals surface area contributed by atoms with Gasteiger partial charge in [-0.1, -0.05) is 12.1 Å². The molecule has 1 aliphatic rings. The molecule has 1 aromatic heterocycles. The Morgan fingerprint density at radius 3 is 2.61 bits per heavy atom. The Kier molecular flexibility index (Phi) is 9.11. The van der Waals surface area contributed by atoms with E-state index in [1.807, 2.05) is 0 Å². The second kappa shape index (κ2) is 12.2. The summed E-state index contributed by atoms with van der Waals surface area (Å²) < 4.78 is 41.6. The van der Waals surface area contributed by atoms with Crippen molar-refractivity contribution in [2.24, 2.45) is 5.73 Å². The molecule has 3 rings (SSSR count). The fourth-order valence-electron chi connectivity index (χ4n) is 3.96. The van der Waals surface area contributed by atoms with Crippen LogP contribution in [0.2, 0.25) is 0 Å². The minimum Gasteiger partial charge on any atom is -0.404 e. The van der Waals surface area contributed by atoms with Crippen molar-refractivity contribution in [2.75, 3.05) is 36.8 Å². The molecular formula is C22H29F3N8O3. The second-order valence-electron chi connectivity index (χ2n) is 8.30. The van der Waals surface area contributed by atoms with Crippen LogP contribution in [0.25, 0.3) is 0 Å². The number of benzene rings is 1. The van der Waals surface area contributed by atoms with Crippen LogP contribution in [0, 0.1) is 5.41 Å². The van der Waals surface area contributed by atoms with E-state index in [-0.39, 0.29) is 23.5 Å². The summed E-state index contributed by atoms with van der Waals surface area (Å²) in [6, 6.07) is 4.19. The van der Waals surface area contributed by atoms with Gasteiger partial charge in [-0.25, -0.2) is 4.79 Å². The van der Waals surface area contributed by atoms with Gasteiger partial charge in [-0.2, -0.15) is 4.98 Å². The number of urea groups is 1. The molecule has 0 unspecified atom stereocenters. The highest BCUT2D eigenvalue weighted by Crippen LogP contribution is 2.30. The molecule has 0 aliphatic carbocycles. The van der Waals surface area contributed by atoms with Crippen molar-refractivity contribution in [3.05, 3.63) is 46.4 Å². The van der Waals surface area contributed by atoms with Crippen molar-refractivity contribution in [3.8, 4) is 5.75 Å². The van der Waals surface area contributed by atoms with E-state index in [0.717, 1.165) is 51.4 Å². The van der Waals surface area contributed by atoms with E-state index >= 15 is 0 Å². The number of alkyl halides is 3. The lowest BCUT2D eigenvalue weighted by molar-refractivity contribution is -0.274. The molecule has 7 N–H and O–H groups in total. The lowest BCUT2D eigenvalue weighted by Gasteiger charge is -2.31. The molecule has 0 radical (unpaired) electrons. The summed E-state index contributed by atoms with van der Waals surface area (Å²) >= 11 is 0. The number of ether oxygens (including phenoxy) is 1. The summed E-state index contributed by atoms with van der Waals surface area (Å²) in [5.74, 6) is -0.702. The first-order valence-corrected chi connectivity index (χ1v) is 11.4. The van der Waals surface area contributed by atoms with E-state index in [1.165, 1.54) is 24.4 Å². The molecule has 1 saturated heterocycles. The monoisotopic (exact) mass is 510 g/mol. The first-order chi connectivity index (χ1) is 17.1. The lowest BCUT2D eigenvalue weighted by Crippen LogP contribution is -2.36.